The Morgan fingerprint density at radius 2 is 2.33 bits per heavy atom. The lowest BCUT2D eigenvalue weighted by Crippen LogP contribution is -2.48. The van der Waals surface area contributed by atoms with Crippen molar-refractivity contribution >= 4 is 5.91 Å². The number of ether oxygens (including phenoxy) is 1. The molecule has 1 aliphatic rings. The van der Waals surface area contributed by atoms with Crippen molar-refractivity contribution in [3.8, 4) is 0 Å². The van der Waals surface area contributed by atoms with Crippen molar-refractivity contribution in [3.05, 3.63) is 0 Å². The van der Waals surface area contributed by atoms with Crippen molar-refractivity contribution in [1.82, 2.24) is 10.6 Å². The van der Waals surface area contributed by atoms with Crippen molar-refractivity contribution in [3.63, 3.8) is 0 Å². The first kappa shape index (κ1) is 12.5. The Labute approximate surface area is 91.8 Å². The van der Waals surface area contributed by atoms with Crippen LogP contribution in [-0.4, -0.2) is 37.7 Å². The summed E-state index contributed by atoms with van der Waals surface area (Å²) < 4.78 is 5.53. The molecule has 2 atom stereocenters. The molecule has 0 aromatic heterocycles. The smallest absolute Gasteiger partial charge is 0.219 e. The molecule has 0 aromatic carbocycles. The summed E-state index contributed by atoms with van der Waals surface area (Å²) in [6.45, 7) is 5.99. The summed E-state index contributed by atoms with van der Waals surface area (Å²) in [6.07, 6.45) is 2.78. The second-order valence-electron chi connectivity index (χ2n) is 4.38. The minimum atomic E-state index is 0.0860. The molecule has 1 rings (SSSR count). The fourth-order valence-electron chi connectivity index (χ4n) is 1.81. The second kappa shape index (κ2) is 5.47. The van der Waals surface area contributed by atoms with E-state index in [1.807, 2.05) is 0 Å². The molecule has 0 aliphatic carbocycles. The van der Waals surface area contributed by atoms with Crippen LogP contribution in [0, 0.1) is 0 Å². The molecular formula is C11H22N2O2. The summed E-state index contributed by atoms with van der Waals surface area (Å²) in [6, 6.07) is 0. The van der Waals surface area contributed by atoms with Gasteiger partial charge in [-0.25, -0.2) is 0 Å². The summed E-state index contributed by atoms with van der Waals surface area (Å²) in [5.74, 6) is 0.109. The number of carbonyl (C=O) groups excluding carboxylic acids is 1. The van der Waals surface area contributed by atoms with Crippen LogP contribution in [0.2, 0.25) is 0 Å². The molecule has 0 aromatic rings. The maximum absolute atomic E-state index is 11.0. The fraction of sp³-hybridized carbons (Fsp3) is 0.909. The fourth-order valence-corrected chi connectivity index (χ4v) is 1.81. The molecule has 2 N–H and O–H groups in total. The Hall–Kier alpha value is -0.610. The zero-order chi connectivity index (χ0) is 11.3. The Kier molecular flexibility index (Phi) is 4.54. The Morgan fingerprint density at radius 1 is 1.60 bits per heavy atom. The molecule has 0 spiro atoms. The standard InChI is InChI=1S/C11H22N2O2/c1-9-11(2,6-8-15-9)13-7-4-5-10(14)12-3/h9,13H,4-8H2,1-3H3,(H,12,14). The molecule has 0 saturated carbocycles. The minimum Gasteiger partial charge on any atom is -0.377 e. The number of hydrogen-bond donors (Lipinski definition) is 2. The van der Waals surface area contributed by atoms with E-state index < -0.39 is 0 Å². The van der Waals surface area contributed by atoms with E-state index >= 15 is 0 Å². The SMILES string of the molecule is CNC(=O)CCCNC1(C)CCOC1C. The molecule has 2 unspecified atom stereocenters. The van der Waals surface area contributed by atoms with Crippen molar-refractivity contribution < 1.29 is 9.53 Å². The zero-order valence-corrected chi connectivity index (χ0v) is 9.93. The van der Waals surface area contributed by atoms with Crippen LogP contribution in [0.1, 0.15) is 33.1 Å². The third kappa shape index (κ3) is 3.47. The van der Waals surface area contributed by atoms with Gasteiger partial charge >= 0.3 is 0 Å². The summed E-state index contributed by atoms with van der Waals surface area (Å²) in [5.41, 5.74) is 0.0860. The van der Waals surface area contributed by atoms with Crippen LogP contribution in [0.15, 0.2) is 0 Å². The lowest BCUT2D eigenvalue weighted by atomic mass is 9.94. The highest BCUT2D eigenvalue weighted by atomic mass is 16.5. The number of nitrogens with one attached hydrogen (secondary N) is 2. The number of rotatable bonds is 5. The Balaban J connectivity index is 2.17. The quantitative estimate of drug-likeness (QED) is 0.661. The normalized spacial score (nSPS) is 30.5. The first-order valence-electron chi connectivity index (χ1n) is 5.66. The third-order valence-corrected chi connectivity index (χ3v) is 3.27. The zero-order valence-electron chi connectivity index (χ0n) is 9.93. The second-order valence-corrected chi connectivity index (χ2v) is 4.38. The molecule has 1 heterocycles. The molecular weight excluding hydrogens is 192 g/mol. The van der Waals surface area contributed by atoms with E-state index in [9.17, 15) is 4.79 Å². The molecule has 0 radical (unpaired) electrons. The molecule has 88 valence electrons. The van der Waals surface area contributed by atoms with Gasteiger partial charge in [-0.3, -0.25) is 4.79 Å². The van der Waals surface area contributed by atoms with Crippen molar-refractivity contribution in [1.29, 1.82) is 0 Å². The lowest BCUT2D eigenvalue weighted by Gasteiger charge is -2.29. The van der Waals surface area contributed by atoms with Gasteiger partial charge in [-0.15, -0.1) is 0 Å². The van der Waals surface area contributed by atoms with Crippen LogP contribution >= 0.6 is 0 Å². The maximum Gasteiger partial charge on any atom is 0.219 e. The van der Waals surface area contributed by atoms with Crippen LogP contribution in [0.4, 0.5) is 0 Å². The van der Waals surface area contributed by atoms with Crippen LogP contribution in [0.3, 0.4) is 0 Å². The highest BCUT2D eigenvalue weighted by Gasteiger charge is 2.35. The van der Waals surface area contributed by atoms with E-state index in [0.717, 1.165) is 26.0 Å². The largest absolute Gasteiger partial charge is 0.377 e. The first-order chi connectivity index (χ1) is 7.08. The molecule has 1 saturated heterocycles. The highest BCUT2D eigenvalue weighted by Crippen LogP contribution is 2.24. The van der Waals surface area contributed by atoms with E-state index in [4.69, 9.17) is 4.74 Å². The van der Waals surface area contributed by atoms with Crippen molar-refractivity contribution in [2.24, 2.45) is 0 Å². The van der Waals surface area contributed by atoms with Gasteiger partial charge in [0.2, 0.25) is 5.91 Å². The van der Waals surface area contributed by atoms with E-state index in [1.165, 1.54) is 0 Å². The van der Waals surface area contributed by atoms with E-state index in [-0.39, 0.29) is 17.6 Å². The summed E-state index contributed by atoms with van der Waals surface area (Å²) in [7, 11) is 1.67. The van der Waals surface area contributed by atoms with Crippen molar-refractivity contribution in [2.45, 2.75) is 44.8 Å². The van der Waals surface area contributed by atoms with E-state index in [0.29, 0.717) is 6.42 Å². The first-order valence-corrected chi connectivity index (χ1v) is 5.66. The van der Waals surface area contributed by atoms with Gasteiger partial charge in [0.05, 0.1) is 6.10 Å². The predicted octanol–water partition coefficient (Wildman–Crippen LogP) is 0.670. The monoisotopic (exact) mass is 214 g/mol. The van der Waals surface area contributed by atoms with Gasteiger partial charge in [0, 0.05) is 25.6 Å². The van der Waals surface area contributed by atoms with Gasteiger partial charge in [-0.2, -0.15) is 0 Å². The van der Waals surface area contributed by atoms with Gasteiger partial charge in [0.1, 0.15) is 0 Å². The Bertz CT molecular complexity index is 221. The highest BCUT2D eigenvalue weighted by molar-refractivity contribution is 5.75. The van der Waals surface area contributed by atoms with Gasteiger partial charge in [-0.05, 0) is 33.2 Å². The van der Waals surface area contributed by atoms with E-state index in [1.54, 1.807) is 7.05 Å². The maximum atomic E-state index is 11.0. The number of amides is 1. The van der Waals surface area contributed by atoms with Gasteiger partial charge < -0.3 is 15.4 Å². The topological polar surface area (TPSA) is 50.4 Å². The summed E-state index contributed by atoms with van der Waals surface area (Å²) in [4.78, 5) is 11.0. The van der Waals surface area contributed by atoms with E-state index in [2.05, 4.69) is 24.5 Å². The number of carbonyl (C=O) groups is 1. The third-order valence-electron chi connectivity index (χ3n) is 3.27. The van der Waals surface area contributed by atoms with Crippen LogP contribution in [0.25, 0.3) is 0 Å². The summed E-state index contributed by atoms with van der Waals surface area (Å²) in [5, 5.41) is 6.10. The van der Waals surface area contributed by atoms with Crippen LogP contribution in [-0.2, 0) is 9.53 Å². The molecule has 15 heavy (non-hydrogen) atoms. The summed E-state index contributed by atoms with van der Waals surface area (Å²) >= 11 is 0. The van der Waals surface area contributed by atoms with Crippen LogP contribution in [0.5, 0.6) is 0 Å². The van der Waals surface area contributed by atoms with Crippen LogP contribution < -0.4 is 10.6 Å². The minimum absolute atomic E-state index is 0.0860. The average Bonchev–Trinajstić information content (AvgIpc) is 2.54. The van der Waals surface area contributed by atoms with Gasteiger partial charge in [0.15, 0.2) is 0 Å². The average molecular weight is 214 g/mol. The lowest BCUT2D eigenvalue weighted by molar-refractivity contribution is -0.120. The molecule has 4 heteroatoms. The molecule has 1 aliphatic heterocycles. The van der Waals surface area contributed by atoms with Gasteiger partial charge in [0.25, 0.3) is 0 Å². The predicted molar refractivity (Wildman–Crippen MR) is 59.7 cm³/mol. The molecule has 0 bridgehead atoms. The van der Waals surface area contributed by atoms with Crippen molar-refractivity contribution in [2.75, 3.05) is 20.2 Å². The molecule has 1 amide bonds. The molecule has 1 fully saturated rings. The number of hydrogen-bond acceptors (Lipinski definition) is 3. The molecule has 4 nitrogen and oxygen atoms in total. The van der Waals surface area contributed by atoms with Gasteiger partial charge in [-0.1, -0.05) is 0 Å². The Morgan fingerprint density at radius 3 is 2.87 bits per heavy atom.